The van der Waals surface area contributed by atoms with E-state index in [2.05, 4.69) is 27.7 Å². The second-order valence-corrected chi connectivity index (χ2v) is 2.81. The molecule has 0 saturated carbocycles. The molecule has 0 atom stereocenters. The van der Waals surface area contributed by atoms with Gasteiger partial charge in [0.25, 0.3) is 0 Å². The first kappa shape index (κ1) is 29.4. The Morgan fingerprint density at radius 3 is 0.529 bits per heavy atom. The average Bonchev–Trinajstić information content (AvgIpc) is 1.76. The van der Waals surface area contributed by atoms with Crippen molar-refractivity contribution in [2.45, 2.75) is 27.7 Å². The van der Waals surface area contributed by atoms with Crippen molar-refractivity contribution in [3.8, 4) is 0 Å². The third kappa shape index (κ3) is 618. The van der Waals surface area contributed by atoms with Crippen molar-refractivity contribution < 1.29 is 19.2 Å². The molecule has 0 aromatic heterocycles. The van der Waals surface area contributed by atoms with Crippen molar-refractivity contribution in [2.24, 2.45) is 0 Å². The Hall–Kier alpha value is -1.84. The van der Waals surface area contributed by atoms with Crippen LogP contribution in [0.3, 0.4) is 0 Å². The van der Waals surface area contributed by atoms with E-state index in [4.69, 9.17) is 0 Å². The third-order valence-corrected chi connectivity index (χ3v) is 0. The van der Waals surface area contributed by atoms with Gasteiger partial charge in [-0.15, -0.1) is 0 Å². The Balaban J connectivity index is -0.0000000369. The molecule has 0 spiro atoms. The number of rotatable bonds is 0. The molecule has 4 nitrogen and oxygen atoms in total. The van der Waals surface area contributed by atoms with Gasteiger partial charge >= 0.3 is 7.43 Å². The van der Waals surface area contributed by atoms with Crippen molar-refractivity contribution in [2.75, 3.05) is 0 Å². The van der Waals surface area contributed by atoms with Crippen LogP contribution in [0.25, 0.3) is 0 Å². The van der Waals surface area contributed by atoms with Crippen molar-refractivity contribution >= 4 is 23.1 Å². The maximum atomic E-state index is 9.33. The van der Waals surface area contributed by atoms with E-state index >= 15 is 0 Å². The fourth-order valence-electron chi connectivity index (χ4n) is 0. The molecule has 0 aromatic rings. The molecule has 0 aromatic carbocycles. The largest absolute Gasteiger partial charge is 4.00 e. The zero-order valence-electron chi connectivity index (χ0n) is 11.0. The van der Waals surface area contributed by atoms with E-state index in [9.17, 15) is 19.2 Å². The first-order valence-electron chi connectivity index (χ1n) is 4.23. The fraction of sp³-hybridized carbons (Fsp3) is 0.308. The zero-order valence-corrected chi connectivity index (χ0v) is 11.0. The Labute approximate surface area is 106 Å². The number of carbonyl (C=O) groups is 4. The molecule has 4 heteroatoms. The van der Waals surface area contributed by atoms with Gasteiger partial charge in [-0.05, 0) is 50.8 Å². The molecule has 17 heavy (non-hydrogen) atoms. The molecule has 0 unspecified atom stereocenters. The summed E-state index contributed by atoms with van der Waals surface area (Å²) < 4.78 is 0. The summed E-state index contributed by atoms with van der Waals surface area (Å²) >= 11 is 0. The van der Waals surface area contributed by atoms with Gasteiger partial charge in [0.05, 0.1) is 0 Å². The summed E-state index contributed by atoms with van der Waals surface area (Å²) in [6, 6.07) is 0. The second kappa shape index (κ2) is 23.8. The van der Waals surface area contributed by atoms with Crippen molar-refractivity contribution in [3.05, 3.63) is 35.1 Å². The molecule has 0 amide bonds. The molecule has 0 bridgehead atoms. The number of Topliss-reactive ketones (excluding diaryl/α,β-unsaturated/α-hetero) is 4. The summed E-state index contributed by atoms with van der Waals surface area (Å²) in [6.07, 6.45) is 0. The molecule has 0 rings (SSSR count). The predicted octanol–water partition coefficient (Wildman–Crippen LogP) is 1.72. The number of hydrogen-bond donors (Lipinski definition) is 0. The minimum absolute atomic E-state index is 0. The molecule has 0 N–H and O–H groups in total. The van der Waals surface area contributed by atoms with E-state index in [1.54, 1.807) is 0 Å². The summed E-state index contributed by atoms with van der Waals surface area (Å²) in [6.45, 7) is 17.7. The van der Waals surface area contributed by atoms with Gasteiger partial charge in [-0.25, -0.2) is 0 Å². The van der Waals surface area contributed by atoms with Crippen LogP contribution in [0, 0.1) is 35.1 Å². The fourth-order valence-corrected chi connectivity index (χ4v) is 0. The normalized spacial score (nSPS) is 5.88. The molecule has 0 radical (unpaired) electrons. The maximum Gasteiger partial charge on any atom is 4.00 e. The van der Waals surface area contributed by atoms with Gasteiger partial charge in [0.15, 0.2) is 0 Å². The van der Waals surface area contributed by atoms with Gasteiger partial charge in [-0.2, -0.15) is 0 Å². The van der Waals surface area contributed by atoms with Gasteiger partial charge in [0, 0.05) is 0 Å². The molecule has 96 valence electrons. The molecule has 0 fully saturated rings. The van der Waals surface area contributed by atoms with Gasteiger partial charge < -0.3 is 46.9 Å². The zero-order chi connectivity index (χ0) is 14.3. The van der Waals surface area contributed by atoms with Crippen molar-refractivity contribution in [3.63, 3.8) is 0 Å². The summed E-state index contributed by atoms with van der Waals surface area (Å²) in [5, 5.41) is 0. The first-order chi connectivity index (χ1) is 6.93. The van der Waals surface area contributed by atoms with E-state index in [1.165, 1.54) is 27.7 Å². The average molecular weight is 240 g/mol. The van der Waals surface area contributed by atoms with E-state index in [0.29, 0.717) is 0 Å². The van der Waals surface area contributed by atoms with Crippen LogP contribution in [0.15, 0.2) is 0 Å². The van der Waals surface area contributed by atoms with Gasteiger partial charge in [-0.3, -0.25) is 0 Å². The van der Waals surface area contributed by atoms with Gasteiger partial charge in [0.1, 0.15) is 0 Å². The van der Waals surface area contributed by atoms with Gasteiger partial charge in [-0.1, -0.05) is 0 Å². The molecule has 0 aliphatic heterocycles. The smallest absolute Gasteiger partial charge is 0.340 e. The Morgan fingerprint density at radius 2 is 0.529 bits per heavy atom. The molecule has 0 aliphatic rings. The van der Waals surface area contributed by atoms with Crippen LogP contribution in [-0.4, -0.2) is 23.1 Å². The second-order valence-electron chi connectivity index (χ2n) is 2.81. The summed E-state index contributed by atoms with van der Waals surface area (Å²) in [5.74, 6) is -0.333. The Morgan fingerprint density at radius 1 is 0.529 bits per heavy atom. The molecular weight excluding hydrogens is 220 g/mol. The predicted molar refractivity (Wildman–Crippen MR) is 67.4 cm³/mol. The molecule has 0 aliphatic carbocycles. The van der Waals surface area contributed by atoms with Crippen LogP contribution in [0.1, 0.15) is 27.7 Å². The topological polar surface area (TPSA) is 68.3 Å². The number of hydrogen-bond acceptors (Lipinski definition) is 4. The quantitative estimate of drug-likeness (QED) is 0.604. The van der Waals surface area contributed by atoms with Crippen molar-refractivity contribution in [1.29, 1.82) is 0 Å². The van der Waals surface area contributed by atoms with Crippen LogP contribution in [0.5, 0.6) is 0 Å². The van der Waals surface area contributed by atoms with Crippen LogP contribution in [0.2, 0.25) is 0 Å². The summed E-state index contributed by atoms with van der Waals surface area (Å²) in [7, 11) is 0. The van der Waals surface area contributed by atoms with Crippen LogP contribution in [-0.2, 0) is 19.2 Å². The summed E-state index contributed by atoms with van der Waals surface area (Å²) in [4.78, 5) is 37.3. The Kier molecular flexibility index (Phi) is 41.2. The molecule has 0 saturated heterocycles. The first-order valence-corrected chi connectivity index (χ1v) is 4.23. The van der Waals surface area contributed by atoms with E-state index < -0.39 is 0 Å². The van der Waals surface area contributed by atoms with E-state index in [0.717, 1.165) is 0 Å². The van der Waals surface area contributed by atoms with Crippen LogP contribution < -0.4 is 0 Å². The Bertz CT molecular complexity index is 153. The third-order valence-electron chi connectivity index (χ3n) is 0. The summed E-state index contributed by atoms with van der Waals surface area (Å²) in [5.41, 5.74) is 0. The van der Waals surface area contributed by atoms with E-state index in [-0.39, 0.29) is 30.6 Å². The van der Waals surface area contributed by atoms with Crippen LogP contribution in [0.4, 0.5) is 0 Å². The minimum atomic E-state index is -0.0833. The molecule has 0 heterocycles. The number of carbonyl (C=O) groups excluding carboxylic acids is 4. The number of ketones is 4. The van der Waals surface area contributed by atoms with Crippen LogP contribution >= 0.6 is 0 Å². The standard InChI is InChI=1S/4C3H5O.C/c4*1-3(2)4;/h4*1H2,2H3;/q4*-1;+4. The van der Waals surface area contributed by atoms with E-state index in [1.807, 2.05) is 0 Å². The van der Waals surface area contributed by atoms with Crippen molar-refractivity contribution in [1.82, 2.24) is 0 Å². The monoisotopic (exact) mass is 240 g/mol. The minimum Gasteiger partial charge on any atom is -0.340 e. The maximum absolute atomic E-state index is 9.33. The molecular formula is C13H20O4. The SMILES string of the molecule is [C+4].[CH2-]C(C)=O.[CH2-]C(C)=O.[CH2-]C(C)=O.[CH2-]C(C)=O. The van der Waals surface area contributed by atoms with Gasteiger partial charge in [0.2, 0.25) is 0 Å².